The van der Waals surface area contributed by atoms with Crippen molar-refractivity contribution in [1.82, 2.24) is 29.5 Å². The van der Waals surface area contributed by atoms with Crippen LogP contribution in [0.3, 0.4) is 0 Å². The van der Waals surface area contributed by atoms with Gasteiger partial charge >= 0.3 is 0 Å². The third kappa shape index (κ3) is 5.28. The number of nitrogens with zero attached hydrogens (tertiary/aromatic N) is 5. The van der Waals surface area contributed by atoms with Crippen molar-refractivity contribution in [2.45, 2.75) is 57.9 Å². The monoisotopic (exact) mass is 478 g/mol. The van der Waals surface area contributed by atoms with Gasteiger partial charge in [0.15, 0.2) is 11.6 Å². The molecular formula is C25H30N6O2S. The van der Waals surface area contributed by atoms with Crippen LogP contribution in [0.2, 0.25) is 0 Å². The number of aliphatic hydroxyl groups excluding tert-OH is 1. The molecule has 2 N–H and O–H groups in total. The third-order valence-corrected chi connectivity index (χ3v) is 7.04. The number of aliphatic hydroxyl groups is 1. The summed E-state index contributed by atoms with van der Waals surface area (Å²) in [5.74, 6) is 0.929. The number of benzene rings is 1. The third-order valence-electron chi connectivity index (χ3n) is 5.43. The fourth-order valence-corrected chi connectivity index (χ4v) is 4.46. The first kappa shape index (κ1) is 24.3. The fourth-order valence-electron chi connectivity index (χ4n) is 3.61. The molecule has 3 aromatic heterocycles. The van der Waals surface area contributed by atoms with Crippen molar-refractivity contribution >= 4 is 22.3 Å². The van der Waals surface area contributed by atoms with E-state index in [2.05, 4.69) is 26.7 Å². The van der Waals surface area contributed by atoms with Crippen molar-refractivity contribution in [3.8, 4) is 17.1 Å². The molecule has 0 radical (unpaired) electrons. The largest absolute Gasteiger partial charge is 0.598 e. The molecule has 0 aliphatic carbocycles. The maximum absolute atomic E-state index is 12.7. The van der Waals surface area contributed by atoms with E-state index in [-0.39, 0.29) is 17.4 Å². The highest BCUT2D eigenvalue weighted by atomic mass is 32.2. The zero-order chi connectivity index (χ0) is 24.3. The van der Waals surface area contributed by atoms with Crippen LogP contribution in [0, 0.1) is 0 Å². The van der Waals surface area contributed by atoms with Gasteiger partial charge in [0.05, 0.1) is 29.1 Å². The number of aromatic nitrogens is 5. The van der Waals surface area contributed by atoms with Gasteiger partial charge in [-0.25, -0.2) is 14.6 Å². The summed E-state index contributed by atoms with van der Waals surface area (Å²) in [7, 11) is 0. The second kappa shape index (κ2) is 10.2. The molecule has 0 aliphatic rings. The molecule has 3 heterocycles. The van der Waals surface area contributed by atoms with E-state index < -0.39 is 11.4 Å². The molecule has 0 bridgehead atoms. The summed E-state index contributed by atoms with van der Waals surface area (Å²) in [5.41, 5.74) is 3.52. The molecule has 0 saturated carbocycles. The molecular weight excluding hydrogens is 448 g/mol. The lowest BCUT2D eigenvalue weighted by atomic mass is 10.1. The van der Waals surface area contributed by atoms with Crippen LogP contribution >= 0.6 is 0 Å². The Morgan fingerprint density at radius 1 is 1.15 bits per heavy atom. The van der Waals surface area contributed by atoms with E-state index in [1.165, 1.54) is 0 Å². The number of hydrogen-bond acceptors (Lipinski definition) is 7. The van der Waals surface area contributed by atoms with Crippen LogP contribution in [-0.4, -0.2) is 39.1 Å². The van der Waals surface area contributed by atoms with Crippen molar-refractivity contribution in [2.24, 2.45) is 0 Å². The first-order valence-electron chi connectivity index (χ1n) is 11.4. The minimum Gasteiger partial charge on any atom is -0.598 e. The van der Waals surface area contributed by atoms with Gasteiger partial charge in [-0.15, -0.1) is 4.72 Å². The summed E-state index contributed by atoms with van der Waals surface area (Å²) in [5, 5.41) is 14.8. The number of pyridine rings is 1. The number of hydrogen-bond donors (Lipinski definition) is 2. The number of fused-ring (bicyclic) bond motifs is 1. The molecule has 0 saturated heterocycles. The first-order chi connectivity index (χ1) is 16.3. The summed E-state index contributed by atoms with van der Waals surface area (Å²) in [6, 6.07) is 13.7. The number of nitrogens with one attached hydrogen (secondary N) is 1. The second-order valence-corrected chi connectivity index (χ2v) is 11.1. The van der Waals surface area contributed by atoms with E-state index in [0.717, 1.165) is 40.7 Å². The van der Waals surface area contributed by atoms with Gasteiger partial charge in [-0.05, 0) is 45.4 Å². The van der Waals surface area contributed by atoms with Crippen LogP contribution < -0.4 is 4.72 Å². The maximum Gasteiger partial charge on any atom is 0.157 e. The van der Waals surface area contributed by atoms with Crippen LogP contribution in [0.4, 0.5) is 0 Å². The molecule has 1 aromatic carbocycles. The highest BCUT2D eigenvalue weighted by molar-refractivity contribution is 7.90. The molecule has 9 heteroatoms. The zero-order valence-corrected chi connectivity index (χ0v) is 20.7. The minimum absolute atomic E-state index is 0.0998. The van der Waals surface area contributed by atoms with Gasteiger partial charge in [0, 0.05) is 34.6 Å². The van der Waals surface area contributed by atoms with E-state index in [0.29, 0.717) is 11.6 Å². The zero-order valence-electron chi connectivity index (χ0n) is 19.9. The van der Waals surface area contributed by atoms with Gasteiger partial charge in [-0.3, -0.25) is 4.98 Å². The first-order valence-corrected chi connectivity index (χ1v) is 12.5. The predicted octanol–water partition coefficient (Wildman–Crippen LogP) is 4.26. The predicted molar refractivity (Wildman–Crippen MR) is 134 cm³/mol. The Labute approximate surface area is 202 Å². The molecule has 4 rings (SSSR count). The Morgan fingerprint density at radius 3 is 2.71 bits per heavy atom. The maximum atomic E-state index is 12.7. The molecule has 34 heavy (non-hydrogen) atoms. The van der Waals surface area contributed by atoms with Gasteiger partial charge in [-0.1, -0.05) is 31.5 Å². The smallest absolute Gasteiger partial charge is 0.157 e. The van der Waals surface area contributed by atoms with E-state index in [9.17, 15) is 9.66 Å². The van der Waals surface area contributed by atoms with Gasteiger partial charge in [-0.2, -0.15) is 5.10 Å². The quantitative estimate of drug-likeness (QED) is 0.364. The van der Waals surface area contributed by atoms with Crippen molar-refractivity contribution < 1.29 is 9.66 Å². The van der Waals surface area contributed by atoms with Crippen molar-refractivity contribution in [3.63, 3.8) is 0 Å². The standard InChI is InChI=1S/C25H30N6O2S/c1-5-7-21(30-34(33)25(2,3)4)20-9-6-8-19(28-20)17-10-11-18-15-27-31(22(18)14-17)24-12-13-26-23(16-32)29-24/h6,8-15,21,30,32H,5,7,16H2,1-4H3/t21-,34?/m0/s1. The van der Waals surface area contributed by atoms with Gasteiger partial charge < -0.3 is 9.66 Å². The summed E-state index contributed by atoms with van der Waals surface area (Å²) in [4.78, 5) is 13.4. The fraction of sp³-hybridized carbons (Fsp3) is 0.360. The van der Waals surface area contributed by atoms with Crippen LogP contribution in [0.1, 0.15) is 58.1 Å². The Kier molecular flexibility index (Phi) is 7.27. The molecule has 1 unspecified atom stereocenters. The minimum atomic E-state index is -1.19. The van der Waals surface area contributed by atoms with Crippen molar-refractivity contribution in [3.05, 3.63) is 66.4 Å². The molecule has 0 fully saturated rings. The molecule has 8 nitrogen and oxygen atoms in total. The average molecular weight is 479 g/mol. The molecule has 178 valence electrons. The van der Waals surface area contributed by atoms with Crippen LogP contribution in [0.5, 0.6) is 0 Å². The normalized spacial score (nSPS) is 13.8. The Balaban J connectivity index is 1.70. The van der Waals surface area contributed by atoms with E-state index in [1.807, 2.05) is 57.2 Å². The van der Waals surface area contributed by atoms with Crippen LogP contribution in [-0.2, 0) is 18.0 Å². The Morgan fingerprint density at radius 2 is 1.97 bits per heavy atom. The summed E-state index contributed by atoms with van der Waals surface area (Å²) in [6.07, 6.45) is 5.18. The lowest BCUT2D eigenvalue weighted by molar-refractivity contribution is 0.271. The van der Waals surface area contributed by atoms with Crippen LogP contribution in [0.15, 0.2) is 54.9 Å². The highest BCUT2D eigenvalue weighted by Crippen LogP contribution is 2.28. The summed E-state index contributed by atoms with van der Waals surface area (Å²) < 4.78 is 17.4. The Bertz CT molecular complexity index is 1270. The lowest BCUT2D eigenvalue weighted by Gasteiger charge is -2.27. The average Bonchev–Trinajstić information content (AvgIpc) is 3.26. The van der Waals surface area contributed by atoms with E-state index >= 15 is 0 Å². The molecule has 0 spiro atoms. The van der Waals surface area contributed by atoms with Gasteiger partial charge in [0.25, 0.3) is 0 Å². The molecule has 0 amide bonds. The topological polar surface area (TPSA) is 112 Å². The van der Waals surface area contributed by atoms with Crippen LogP contribution in [0.25, 0.3) is 28.0 Å². The molecule has 2 atom stereocenters. The molecule has 0 aliphatic heterocycles. The lowest BCUT2D eigenvalue weighted by Crippen LogP contribution is -2.41. The van der Waals surface area contributed by atoms with E-state index in [1.54, 1.807) is 23.1 Å². The molecule has 4 aromatic rings. The Hall–Kier alpha value is -2.85. The summed E-state index contributed by atoms with van der Waals surface area (Å²) in [6.45, 7) is 7.76. The van der Waals surface area contributed by atoms with Gasteiger partial charge in [0.1, 0.15) is 11.4 Å². The number of rotatable bonds is 8. The van der Waals surface area contributed by atoms with Gasteiger partial charge in [0.2, 0.25) is 0 Å². The SMILES string of the molecule is CCC[C@H](N[S+]([O-])C(C)(C)C)c1cccc(-c2ccc3cnn(-c4ccnc(CO)n4)c3c2)n1. The second-order valence-electron chi connectivity index (χ2n) is 9.11. The van der Waals surface area contributed by atoms with Crippen molar-refractivity contribution in [1.29, 1.82) is 0 Å². The van der Waals surface area contributed by atoms with E-state index in [4.69, 9.17) is 4.98 Å². The van der Waals surface area contributed by atoms with Crippen molar-refractivity contribution in [2.75, 3.05) is 0 Å². The summed E-state index contributed by atoms with van der Waals surface area (Å²) >= 11 is -1.19. The highest BCUT2D eigenvalue weighted by Gasteiger charge is 2.30.